The molecule has 24 heavy (non-hydrogen) atoms. The molecular weight excluding hydrogens is 328 g/mol. The fraction of sp³-hybridized carbons (Fsp3) is 0.562. The Morgan fingerprint density at radius 2 is 1.96 bits per heavy atom. The zero-order valence-electron chi connectivity index (χ0n) is 12.9. The van der Waals surface area contributed by atoms with Gasteiger partial charge in [0.25, 0.3) is 0 Å². The molecule has 2 aliphatic rings. The highest BCUT2D eigenvalue weighted by atomic mass is 19.4. The molecule has 8 heteroatoms. The molecule has 1 unspecified atom stereocenters. The summed E-state index contributed by atoms with van der Waals surface area (Å²) in [5.41, 5.74) is -1.44. The molecule has 0 bridgehead atoms. The third-order valence-electron chi connectivity index (χ3n) is 4.92. The molecule has 1 saturated heterocycles. The van der Waals surface area contributed by atoms with Crippen LogP contribution in [0, 0.1) is 5.82 Å². The van der Waals surface area contributed by atoms with Gasteiger partial charge in [0, 0.05) is 25.9 Å². The highest BCUT2D eigenvalue weighted by molar-refractivity contribution is 5.75. The number of urea groups is 1. The Labute approximate surface area is 136 Å². The van der Waals surface area contributed by atoms with Crippen molar-refractivity contribution in [3.8, 4) is 0 Å². The van der Waals surface area contributed by atoms with Crippen LogP contribution in [0.25, 0.3) is 0 Å². The summed E-state index contributed by atoms with van der Waals surface area (Å²) in [7, 11) is 0. The van der Waals surface area contributed by atoms with E-state index in [-0.39, 0.29) is 24.9 Å². The summed E-state index contributed by atoms with van der Waals surface area (Å²) in [5.74, 6) is -0.308. The number of alkyl halides is 3. The van der Waals surface area contributed by atoms with E-state index in [0.717, 1.165) is 0 Å². The number of aliphatic hydroxyl groups is 1. The summed E-state index contributed by atoms with van der Waals surface area (Å²) in [6, 6.07) is 3.86. The van der Waals surface area contributed by atoms with Crippen LogP contribution in [0.15, 0.2) is 18.2 Å². The summed E-state index contributed by atoms with van der Waals surface area (Å²) >= 11 is 0. The number of halogens is 4. The lowest BCUT2D eigenvalue weighted by molar-refractivity contribution is -0.271. The van der Waals surface area contributed by atoms with E-state index in [1.54, 1.807) is 12.1 Å². The van der Waals surface area contributed by atoms with Gasteiger partial charge in [0.05, 0.1) is 6.04 Å². The Bertz CT molecular complexity index is 639. The van der Waals surface area contributed by atoms with E-state index >= 15 is 0 Å². The average Bonchev–Trinajstić information content (AvgIpc) is 2.91. The van der Waals surface area contributed by atoms with E-state index in [9.17, 15) is 27.5 Å². The first kappa shape index (κ1) is 17.0. The second kappa shape index (κ2) is 5.91. The molecule has 1 aromatic rings. The van der Waals surface area contributed by atoms with Crippen molar-refractivity contribution in [2.45, 2.75) is 43.5 Å². The molecule has 1 aliphatic carbocycles. The van der Waals surface area contributed by atoms with Gasteiger partial charge in [-0.1, -0.05) is 12.1 Å². The lowest BCUT2D eigenvalue weighted by Crippen LogP contribution is -2.56. The first-order chi connectivity index (χ1) is 11.2. The number of carbonyl (C=O) groups is 1. The summed E-state index contributed by atoms with van der Waals surface area (Å²) in [4.78, 5) is 13.5. The van der Waals surface area contributed by atoms with E-state index in [1.807, 2.05) is 0 Å². The predicted octanol–water partition coefficient (Wildman–Crippen LogP) is 2.91. The van der Waals surface area contributed by atoms with Gasteiger partial charge in [-0.25, -0.2) is 9.18 Å². The van der Waals surface area contributed by atoms with Gasteiger partial charge in [0.2, 0.25) is 0 Å². The fourth-order valence-corrected chi connectivity index (χ4v) is 3.36. The number of likely N-dealkylation sites (tertiary alicyclic amines) is 1. The van der Waals surface area contributed by atoms with Crippen molar-refractivity contribution in [3.63, 3.8) is 0 Å². The molecule has 1 heterocycles. The minimum Gasteiger partial charge on any atom is -0.380 e. The van der Waals surface area contributed by atoms with Crippen molar-refractivity contribution in [2.75, 3.05) is 13.1 Å². The number of hydrogen-bond acceptors (Lipinski definition) is 2. The van der Waals surface area contributed by atoms with Crippen molar-refractivity contribution in [1.29, 1.82) is 0 Å². The van der Waals surface area contributed by atoms with E-state index in [1.165, 1.54) is 11.0 Å². The average molecular weight is 346 g/mol. The van der Waals surface area contributed by atoms with E-state index in [2.05, 4.69) is 5.32 Å². The van der Waals surface area contributed by atoms with Gasteiger partial charge >= 0.3 is 12.2 Å². The minimum atomic E-state index is -4.70. The molecule has 0 spiro atoms. The number of nitrogens with zero attached hydrogens (tertiary/aromatic N) is 1. The molecule has 1 aromatic carbocycles. The summed E-state index contributed by atoms with van der Waals surface area (Å²) in [6.45, 7) is -0.352. The van der Waals surface area contributed by atoms with Crippen LogP contribution in [0.4, 0.5) is 22.4 Å². The third-order valence-corrected chi connectivity index (χ3v) is 4.92. The second-order valence-corrected chi connectivity index (χ2v) is 6.36. The first-order valence-corrected chi connectivity index (χ1v) is 7.83. The lowest BCUT2D eigenvalue weighted by Gasteiger charge is -2.39. The van der Waals surface area contributed by atoms with Crippen LogP contribution in [-0.4, -0.2) is 40.9 Å². The predicted molar refractivity (Wildman–Crippen MR) is 77.8 cm³/mol. The number of amides is 2. The van der Waals surface area contributed by atoms with Crippen molar-refractivity contribution in [2.24, 2.45) is 0 Å². The highest BCUT2D eigenvalue weighted by Crippen LogP contribution is 2.38. The van der Waals surface area contributed by atoms with E-state index in [4.69, 9.17) is 0 Å². The Hall–Kier alpha value is -1.83. The SMILES string of the molecule is O=C(NC1CCc2c(F)cccc21)N1CCC(O)(C(F)(F)F)CC1. The van der Waals surface area contributed by atoms with Gasteiger partial charge in [-0.05, 0) is 30.0 Å². The smallest absolute Gasteiger partial charge is 0.380 e. The zero-order chi connectivity index (χ0) is 17.5. The summed E-state index contributed by atoms with van der Waals surface area (Å²) < 4.78 is 52.0. The van der Waals surface area contributed by atoms with Crippen LogP contribution in [0.2, 0.25) is 0 Å². The Kier molecular flexibility index (Phi) is 4.19. The third kappa shape index (κ3) is 2.94. The largest absolute Gasteiger partial charge is 0.417 e. The molecule has 1 aliphatic heterocycles. The van der Waals surface area contributed by atoms with Crippen LogP contribution >= 0.6 is 0 Å². The fourth-order valence-electron chi connectivity index (χ4n) is 3.36. The van der Waals surface area contributed by atoms with Crippen molar-refractivity contribution in [3.05, 3.63) is 35.1 Å². The van der Waals surface area contributed by atoms with Crippen LogP contribution in [-0.2, 0) is 6.42 Å². The van der Waals surface area contributed by atoms with Crippen LogP contribution < -0.4 is 5.32 Å². The van der Waals surface area contributed by atoms with Gasteiger partial charge < -0.3 is 15.3 Å². The standard InChI is InChI=1S/C16H18F4N2O2/c17-12-3-1-2-11-10(12)4-5-13(11)21-14(23)22-8-6-15(24,7-9-22)16(18,19)20/h1-3,13,24H,4-9H2,(H,21,23). The first-order valence-electron chi connectivity index (χ1n) is 7.83. The van der Waals surface area contributed by atoms with E-state index in [0.29, 0.717) is 24.0 Å². The van der Waals surface area contributed by atoms with Crippen molar-refractivity contribution < 1.29 is 27.5 Å². The molecule has 3 rings (SSSR count). The van der Waals surface area contributed by atoms with Gasteiger partial charge in [-0.3, -0.25) is 0 Å². The molecule has 132 valence electrons. The van der Waals surface area contributed by atoms with Gasteiger partial charge in [-0.2, -0.15) is 13.2 Å². The maximum atomic E-state index is 13.7. The lowest BCUT2D eigenvalue weighted by atomic mass is 9.91. The van der Waals surface area contributed by atoms with Gasteiger partial charge in [-0.15, -0.1) is 0 Å². The van der Waals surface area contributed by atoms with Gasteiger partial charge in [0.1, 0.15) is 5.82 Å². The second-order valence-electron chi connectivity index (χ2n) is 6.36. The number of rotatable bonds is 1. The maximum Gasteiger partial charge on any atom is 0.417 e. The van der Waals surface area contributed by atoms with Crippen molar-refractivity contribution >= 4 is 6.03 Å². The number of fused-ring (bicyclic) bond motifs is 1. The molecule has 4 nitrogen and oxygen atoms in total. The number of benzene rings is 1. The molecule has 2 amide bonds. The van der Waals surface area contributed by atoms with Gasteiger partial charge in [0.15, 0.2) is 5.60 Å². The Morgan fingerprint density at radius 3 is 2.58 bits per heavy atom. The molecule has 2 N–H and O–H groups in total. The molecule has 0 radical (unpaired) electrons. The minimum absolute atomic E-state index is 0.176. The normalized spacial score (nSPS) is 23.0. The molecule has 1 fully saturated rings. The monoisotopic (exact) mass is 346 g/mol. The Balaban J connectivity index is 1.61. The number of nitrogens with one attached hydrogen (secondary N) is 1. The highest BCUT2D eigenvalue weighted by Gasteiger charge is 2.55. The number of hydrogen-bond donors (Lipinski definition) is 2. The quantitative estimate of drug-likeness (QED) is 0.769. The topological polar surface area (TPSA) is 52.6 Å². The van der Waals surface area contributed by atoms with Crippen LogP contribution in [0.3, 0.4) is 0 Å². The van der Waals surface area contributed by atoms with Crippen LogP contribution in [0.5, 0.6) is 0 Å². The number of piperidine rings is 1. The maximum absolute atomic E-state index is 13.7. The zero-order valence-corrected chi connectivity index (χ0v) is 12.9. The molecule has 1 atom stereocenters. The van der Waals surface area contributed by atoms with E-state index < -0.39 is 30.7 Å². The molecular formula is C16H18F4N2O2. The summed E-state index contributed by atoms with van der Waals surface area (Å²) in [6.07, 6.45) is -4.71. The molecule has 0 aromatic heterocycles. The van der Waals surface area contributed by atoms with Crippen LogP contribution in [0.1, 0.15) is 36.4 Å². The molecule has 0 saturated carbocycles. The Morgan fingerprint density at radius 1 is 1.29 bits per heavy atom. The summed E-state index contributed by atoms with van der Waals surface area (Å²) in [5, 5.41) is 12.4. The number of carbonyl (C=O) groups excluding carboxylic acids is 1. The van der Waals surface area contributed by atoms with Crippen molar-refractivity contribution in [1.82, 2.24) is 10.2 Å².